The Hall–Kier alpha value is -1.31. The third-order valence-corrected chi connectivity index (χ3v) is 4.94. The van der Waals surface area contributed by atoms with E-state index in [-0.39, 0.29) is 23.8 Å². The maximum atomic E-state index is 13.1. The first-order valence-electron chi connectivity index (χ1n) is 5.95. The number of carbonyl (C=O) groups is 1. The van der Waals surface area contributed by atoms with E-state index in [2.05, 4.69) is 0 Å². The zero-order valence-electron chi connectivity index (χ0n) is 10.3. The fourth-order valence-electron chi connectivity index (χ4n) is 2.00. The van der Waals surface area contributed by atoms with Crippen LogP contribution in [0.4, 0.5) is 4.39 Å². The van der Waals surface area contributed by atoms with E-state index in [9.17, 15) is 17.6 Å². The highest BCUT2D eigenvalue weighted by Crippen LogP contribution is 2.19. The van der Waals surface area contributed by atoms with Crippen LogP contribution < -0.4 is 5.73 Å². The molecule has 2 rings (SSSR count). The summed E-state index contributed by atoms with van der Waals surface area (Å²) in [4.78, 5) is 11.5. The van der Waals surface area contributed by atoms with Crippen LogP contribution in [0.1, 0.15) is 12.8 Å². The second-order valence-corrected chi connectivity index (χ2v) is 6.45. The molecule has 1 aliphatic heterocycles. The van der Waals surface area contributed by atoms with E-state index < -0.39 is 21.9 Å². The predicted molar refractivity (Wildman–Crippen MR) is 67.4 cm³/mol. The highest BCUT2D eigenvalue weighted by atomic mass is 32.2. The van der Waals surface area contributed by atoms with Crippen molar-refractivity contribution in [2.24, 2.45) is 5.73 Å². The van der Waals surface area contributed by atoms with E-state index in [0.717, 1.165) is 10.4 Å². The molecule has 1 aromatic carbocycles. The van der Waals surface area contributed by atoms with E-state index in [1.165, 1.54) is 18.2 Å². The molecule has 0 aromatic heterocycles. The van der Waals surface area contributed by atoms with E-state index in [4.69, 9.17) is 5.73 Å². The molecule has 0 radical (unpaired) electrons. The van der Waals surface area contributed by atoms with E-state index in [1.807, 2.05) is 0 Å². The minimum absolute atomic E-state index is 0.143. The Kier molecular flexibility index (Phi) is 3.98. The van der Waals surface area contributed by atoms with Crippen LogP contribution in [0.3, 0.4) is 0 Å². The highest BCUT2D eigenvalue weighted by molar-refractivity contribution is 7.89. The van der Waals surface area contributed by atoms with Crippen LogP contribution in [0.15, 0.2) is 29.2 Å². The number of ketones is 1. The Balaban J connectivity index is 2.31. The molecule has 1 unspecified atom stereocenters. The van der Waals surface area contributed by atoms with Crippen molar-refractivity contribution < 1.29 is 17.6 Å². The van der Waals surface area contributed by atoms with Crippen LogP contribution in [0.5, 0.6) is 0 Å². The molecule has 1 atom stereocenters. The summed E-state index contributed by atoms with van der Waals surface area (Å²) in [6.07, 6.45) is 0.982. The summed E-state index contributed by atoms with van der Waals surface area (Å²) in [5.74, 6) is -0.934. The lowest BCUT2D eigenvalue weighted by Gasteiger charge is -2.19. The quantitative estimate of drug-likeness (QED) is 0.859. The fourth-order valence-corrected chi connectivity index (χ4v) is 3.48. The molecule has 2 N–H and O–H groups in total. The van der Waals surface area contributed by atoms with Gasteiger partial charge in [0.25, 0.3) is 0 Å². The van der Waals surface area contributed by atoms with Crippen molar-refractivity contribution in [1.82, 2.24) is 4.31 Å². The maximum Gasteiger partial charge on any atom is 0.243 e. The van der Waals surface area contributed by atoms with Gasteiger partial charge in [-0.05, 0) is 31.0 Å². The second kappa shape index (κ2) is 5.36. The molecule has 1 heterocycles. The molecular formula is C12H15FN2O3S. The lowest BCUT2D eigenvalue weighted by Crippen LogP contribution is -2.39. The first-order chi connectivity index (χ1) is 8.91. The Morgan fingerprint density at radius 2 is 2.11 bits per heavy atom. The van der Waals surface area contributed by atoms with E-state index in [0.29, 0.717) is 12.8 Å². The Morgan fingerprint density at radius 1 is 1.37 bits per heavy atom. The zero-order valence-corrected chi connectivity index (χ0v) is 11.1. The van der Waals surface area contributed by atoms with E-state index >= 15 is 0 Å². The van der Waals surface area contributed by atoms with Crippen LogP contribution in [0, 0.1) is 5.82 Å². The van der Waals surface area contributed by atoms with Crippen molar-refractivity contribution in [3.8, 4) is 0 Å². The van der Waals surface area contributed by atoms with Gasteiger partial charge in [-0.3, -0.25) is 4.79 Å². The van der Waals surface area contributed by atoms with Gasteiger partial charge in [0.15, 0.2) is 5.78 Å². The Labute approximate surface area is 111 Å². The Bertz CT molecular complexity index is 588. The summed E-state index contributed by atoms with van der Waals surface area (Å²) in [5.41, 5.74) is 5.62. The van der Waals surface area contributed by atoms with Crippen molar-refractivity contribution >= 4 is 15.8 Å². The van der Waals surface area contributed by atoms with Crippen molar-refractivity contribution in [2.75, 3.05) is 13.1 Å². The molecule has 0 spiro atoms. The maximum absolute atomic E-state index is 13.1. The average molecular weight is 286 g/mol. The molecule has 7 heteroatoms. The molecule has 0 aliphatic carbocycles. The molecule has 19 heavy (non-hydrogen) atoms. The fraction of sp³-hybridized carbons (Fsp3) is 0.417. The lowest BCUT2D eigenvalue weighted by atomic mass is 10.1. The highest BCUT2D eigenvalue weighted by Gasteiger charge is 2.30. The van der Waals surface area contributed by atoms with Gasteiger partial charge in [-0.2, -0.15) is 4.31 Å². The third-order valence-electron chi connectivity index (χ3n) is 3.10. The normalized spacial score (nSPS) is 22.2. The number of Topliss-reactive ketones (excluding diaryl/α,β-unsaturated/α-hetero) is 1. The van der Waals surface area contributed by atoms with Crippen molar-refractivity contribution in [2.45, 2.75) is 23.8 Å². The number of hydrogen-bond donors (Lipinski definition) is 1. The summed E-state index contributed by atoms with van der Waals surface area (Å²) in [5, 5.41) is 0. The summed E-state index contributed by atoms with van der Waals surface area (Å²) >= 11 is 0. The summed E-state index contributed by atoms with van der Waals surface area (Å²) in [7, 11) is -3.85. The average Bonchev–Trinajstić information content (AvgIpc) is 2.52. The van der Waals surface area contributed by atoms with Crippen LogP contribution in [-0.4, -0.2) is 37.6 Å². The molecule has 1 saturated heterocycles. The predicted octanol–water partition coefficient (Wildman–Crippen LogP) is 0.507. The van der Waals surface area contributed by atoms with Gasteiger partial charge >= 0.3 is 0 Å². The monoisotopic (exact) mass is 286 g/mol. The smallest absolute Gasteiger partial charge is 0.243 e. The number of benzene rings is 1. The molecule has 0 amide bonds. The van der Waals surface area contributed by atoms with Gasteiger partial charge < -0.3 is 5.73 Å². The number of halogens is 1. The van der Waals surface area contributed by atoms with Crippen molar-refractivity contribution in [3.05, 3.63) is 30.1 Å². The van der Waals surface area contributed by atoms with Gasteiger partial charge in [-0.1, -0.05) is 6.07 Å². The van der Waals surface area contributed by atoms with Crippen LogP contribution in [0.2, 0.25) is 0 Å². The number of sulfonamides is 1. The molecule has 5 nitrogen and oxygen atoms in total. The van der Waals surface area contributed by atoms with Gasteiger partial charge in [-0.25, -0.2) is 12.8 Å². The SMILES string of the molecule is NC1CCCN(S(=O)(=O)c2cccc(F)c2)CC1=O. The topological polar surface area (TPSA) is 80.5 Å². The first-order valence-corrected chi connectivity index (χ1v) is 7.39. The van der Waals surface area contributed by atoms with Gasteiger partial charge in [0.2, 0.25) is 10.0 Å². The Morgan fingerprint density at radius 3 is 2.79 bits per heavy atom. The van der Waals surface area contributed by atoms with Gasteiger partial charge in [-0.15, -0.1) is 0 Å². The minimum atomic E-state index is -3.85. The number of carbonyl (C=O) groups excluding carboxylic acids is 1. The van der Waals surface area contributed by atoms with Gasteiger partial charge in [0, 0.05) is 6.54 Å². The number of hydrogen-bond acceptors (Lipinski definition) is 4. The molecule has 1 fully saturated rings. The van der Waals surface area contributed by atoms with Gasteiger partial charge in [0.05, 0.1) is 17.5 Å². The third kappa shape index (κ3) is 2.99. The summed E-state index contributed by atoms with van der Waals surface area (Å²) < 4.78 is 38.8. The van der Waals surface area contributed by atoms with Crippen LogP contribution in [0.25, 0.3) is 0 Å². The molecule has 104 valence electrons. The number of rotatable bonds is 2. The number of nitrogens with two attached hydrogens (primary N) is 1. The first kappa shape index (κ1) is 14.1. The minimum Gasteiger partial charge on any atom is -0.321 e. The molecule has 1 aliphatic rings. The summed E-state index contributed by atoms with van der Waals surface area (Å²) in [6.45, 7) is -0.0295. The molecular weight excluding hydrogens is 271 g/mol. The molecule has 0 saturated carbocycles. The van der Waals surface area contributed by atoms with E-state index in [1.54, 1.807) is 0 Å². The second-order valence-electron chi connectivity index (χ2n) is 4.51. The standard InChI is InChI=1S/C12H15FN2O3S/c13-9-3-1-4-10(7-9)19(17,18)15-6-2-5-11(14)12(16)8-15/h1,3-4,7,11H,2,5-6,8,14H2. The largest absolute Gasteiger partial charge is 0.321 e. The molecule has 0 bridgehead atoms. The zero-order chi connectivity index (χ0) is 14.0. The van der Waals surface area contributed by atoms with Crippen molar-refractivity contribution in [1.29, 1.82) is 0 Å². The number of nitrogens with zero attached hydrogens (tertiary/aromatic N) is 1. The van der Waals surface area contributed by atoms with Crippen molar-refractivity contribution in [3.63, 3.8) is 0 Å². The molecule has 1 aromatic rings. The van der Waals surface area contributed by atoms with Crippen LogP contribution >= 0.6 is 0 Å². The van der Waals surface area contributed by atoms with Gasteiger partial charge in [0.1, 0.15) is 5.82 Å². The lowest BCUT2D eigenvalue weighted by molar-refractivity contribution is -0.120. The summed E-state index contributed by atoms with van der Waals surface area (Å²) in [6, 6.07) is 4.14. The van der Waals surface area contributed by atoms with Crippen LogP contribution in [-0.2, 0) is 14.8 Å².